The number of rotatable bonds is 4. The van der Waals surface area contributed by atoms with Gasteiger partial charge in [-0.3, -0.25) is 4.79 Å². The van der Waals surface area contributed by atoms with E-state index in [0.29, 0.717) is 10.2 Å². The molecule has 0 radical (unpaired) electrons. The molecule has 0 aliphatic rings. The summed E-state index contributed by atoms with van der Waals surface area (Å²) in [6.07, 6.45) is 2.58. The van der Waals surface area contributed by atoms with E-state index in [1.54, 1.807) is 18.2 Å². The van der Waals surface area contributed by atoms with Crippen LogP contribution in [0.15, 0.2) is 50.6 Å². The van der Waals surface area contributed by atoms with Crippen molar-refractivity contribution in [2.45, 2.75) is 17.9 Å². The minimum absolute atomic E-state index is 0.252. The van der Waals surface area contributed by atoms with Gasteiger partial charge in [-0.2, -0.15) is 0 Å². The highest BCUT2D eigenvalue weighted by molar-refractivity contribution is 9.10. The SMILES string of the molecule is CC(NC(=O)c1ccoc1Br)c1ccc(S(C)(=O)=O)cc1. The Hall–Kier alpha value is -1.60. The number of benzene rings is 1. The van der Waals surface area contributed by atoms with Crippen LogP contribution in [0.2, 0.25) is 0 Å². The first-order valence-electron chi connectivity index (χ1n) is 6.13. The Bertz CT molecular complexity index is 750. The lowest BCUT2D eigenvalue weighted by molar-refractivity contribution is 0.0938. The van der Waals surface area contributed by atoms with E-state index < -0.39 is 9.84 Å². The molecule has 1 heterocycles. The topological polar surface area (TPSA) is 76.4 Å². The van der Waals surface area contributed by atoms with Gasteiger partial charge in [-0.05, 0) is 46.6 Å². The van der Waals surface area contributed by atoms with Crippen LogP contribution in [0, 0.1) is 0 Å². The van der Waals surface area contributed by atoms with Crippen molar-refractivity contribution in [3.8, 4) is 0 Å². The van der Waals surface area contributed by atoms with Gasteiger partial charge < -0.3 is 9.73 Å². The van der Waals surface area contributed by atoms with Gasteiger partial charge in [0, 0.05) is 6.26 Å². The van der Waals surface area contributed by atoms with Crippen molar-refractivity contribution in [3.63, 3.8) is 0 Å². The lowest BCUT2D eigenvalue weighted by Crippen LogP contribution is -2.26. The molecule has 5 nitrogen and oxygen atoms in total. The maximum atomic E-state index is 12.0. The van der Waals surface area contributed by atoms with Gasteiger partial charge in [-0.1, -0.05) is 12.1 Å². The van der Waals surface area contributed by atoms with E-state index in [2.05, 4.69) is 21.2 Å². The van der Waals surface area contributed by atoms with Crippen LogP contribution in [0.3, 0.4) is 0 Å². The van der Waals surface area contributed by atoms with Crippen molar-refractivity contribution in [3.05, 3.63) is 52.4 Å². The fourth-order valence-corrected chi connectivity index (χ4v) is 2.87. The molecule has 0 bridgehead atoms. The Balaban J connectivity index is 2.12. The molecular formula is C14H14BrNO4S. The first-order chi connectivity index (χ1) is 9.79. The molecule has 0 fully saturated rings. The van der Waals surface area contributed by atoms with Gasteiger partial charge in [0.1, 0.15) is 0 Å². The third-order valence-corrected chi connectivity index (χ3v) is 4.76. The van der Waals surface area contributed by atoms with Crippen LogP contribution in [-0.4, -0.2) is 20.6 Å². The van der Waals surface area contributed by atoms with Crippen LogP contribution in [0.5, 0.6) is 0 Å². The first-order valence-corrected chi connectivity index (χ1v) is 8.81. The maximum Gasteiger partial charge on any atom is 0.256 e. The fourth-order valence-electron chi connectivity index (χ4n) is 1.82. The summed E-state index contributed by atoms with van der Waals surface area (Å²) in [5.41, 5.74) is 1.23. The molecule has 0 aliphatic heterocycles. The molecule has 0 saturated carbocycles. The van der Waals surface area contributed by atoms with Crippen molar-refractivity contribution in [2.24, 2.45) is 0 Å². The molecular weight excluding hydrogens is 358 g/mol. The number of halogens is 1. The van der Waals surface area contributed by atoms with Gasteiger partial charge in [0.05, 0.1) is 22.8 Å². The van der Waals surface area contributed by atoms with Gasteiger partial charge in [0.25, 0.3) is 5.91 Å². The van der Waals surface area contributed by atoms with Crippen LogP contribution in [-0.2, 0) is 9.84 Å². The lowest BCUT2D eigenvalue weighted by Gasteiger charge is -2.14. The zero-order valence-corrected chi connectivity index (χ0v) is 13.9. The molecule has 1 aromatic heterocycles. The summed E-state index contributed by atoms with van der Waals surface area (Å²) >= 11 is 3.15. The van der Waals surface area contributed by atoms with Crippen LogP contribution in [0.4, 0.5) is 0 Å². The van der Waals surface area contributed by atoms with E-state index in [1.807, 2.05) is 6.92 Å². The predicted octanol–water partition coefficient (Wildman–Crippen LogP) is 2.94. The number of carbonyl (C=O) groups is 1. The number of sulfone groups is 1. The van der Waals surface area contributed by atoms with E-state index in [0.717, 1.165) is 11.8 Å². The average molecular weight is 372 g/mol. The molecule has 1 unspecified atom stereocenters. The third kappa shape index (κ3) is 3.74. The highest BCUT2D eigenvalue weighted by atomic mass is 79.9. The number of hydrogen-bond acceptors (Lipinski definition) is 4. The standard InChI is InChI=1S/C14H14BrNO4S/c1-9(16-14(17)12-7-8-20-13(12)15)10-3-5-11(6-4-10)21(2,18)19/h3-9H,1-2H3,(H,16,17). The molecule has 1 N–H and O–H groups in total. The molecule has 0 aliphatic carbocycles. The molecule has 0 spiro atoms. The Labute approximate surface area is 131 Å². The number of furan rings is 1. The monoisotopic (exact) mass is 371 g/mol. The fraction of sp³-hybridized carbons (Fsp3) is 0.214. The van der Waals surface area contributed by atoms with Crippen molar-refractivity contribution in [1.29, 1.82) is 0 Å². The Morgan fingerprint density at radius 1 is 1.24 bits per heavy atom. The predicted molar refractivity (Wildman–Crippen MR) is 81.8 cm³/mol. The number of hydrogen-bond donors (Lipinski definition) is 1. The van der Waals surface area contributed by atoms with E-state index in [1.165, 1.54) is 18.4 Å². The molecule has 1 atom stereocenters. The Morgan fingerprint density at radius 3 is 2.33 bits per heavy atom. The number of nitrogens with one attached hydrogen (secondary N) is 1. The van der Waals surface area contributed by atoms with E-state index in [-0.39, 0.29) is 16.8 Å². The molecule has 1 amide bonds. The number of carbonyl (C=O) groups excluding carboxylic acids is 1. The third-order valence-electron chi connectivity index (χ3n) is 3.02. The van der Waals surface area contributed by atoms with Gasteiger partial charge in [0.2, 0.25) is 0 Å². The second-order valence-corrected chi connectivity index (χ2v) is 7.38. The van der Waals surface area contributed by atoms with E-state index >= 15 is 0 Å². The summed E-state index contributed by atoms with van der Waals surface area (Å²) in [6.45, 7) is 1.82. The quantitative estimate of drug-likeness (QED) is 0.895. The van der Waals surface area contributed by atoms with Crippen molar-refractivity contribution in [2.75, 3.05) is 6.26 Å². The number of amides is 1. The van der Waals surface area contributed by atoms with E-state index in [4.69, 9.17) is 4.42 Å². The summed E-state index contributed by atoms with van der Waals surface area (Å²) in [5.74, 6) is -0.268. The summed E-state index contributed by atoms with van der Waals surface area (Å²) in [6, 6.07) is 7.74. The zero-order chi connectivity index (χ0) is 15.6. The average Bonchev–Trinajstić information content (AvgIpc) is 2.84. The van der Waals surface area contributed by atoms with Crippen LogP contribution in [0.1, 0.15) is 28.9 Å². The molecule has 7 heteroatoms. The van der Waals surface area contributed by atoms with Crippen molar-refractivity contribution >= 4 is 31.7 Å². The zero-order valence-electron chi connectivity index (χ0n) is 11.5. The van der Waals surface area contributed by atoms with Crippen LogP contribution in [0.25, 0.3) is 0 Å². The normalized spacial score (nSPS) is 12.9. The van der Waals surface area contributed by atoms with Gasteiger partial charge in [0.15, 0.2) is 14.5 Å². The van der Waals surface area contributed by atoms with E-state index in [9.17, 15) is 13.2 Å². The minimum Gasteiger partial charge on any atom is -0.457 e. The van der Waals surface area contributed by atoms with Crippen molar-refractivity contribution < 1.29 is 17.6 Å². The lowest BCUT2D eigenvalue weighted by atomic mass is 10.1. The smallest absolute Gasteiger partial charge is 0.256 e. The second kappa shape index (κ2) is 6.03. The van der Waals surface area contributed by atoms with Gasteiger partial charge >= 0.3 is 0 Å². The second-order valence-electron chi connectivity index (χ2n) is 4.64. The summed E-state index contributed by atoms with van der Waals surface area (Å²) in [5, 5.41) is 2.82. The largest absolute Gasteiger partial charge is 0.457 e. The van der Waals surface area contributed by atoms with Crippen molar-refractivity contribution in [1.82, 2.24) is 5.32 Å². The van der Waals surface area contributed by atoms with Crippen LogP contribution >= 0.6 is 15.9 Å². The molecule has 21 heavy (non-hydrogen) atoms. The highest BCUT2D eigenvalue weighted by Gasteiger charge is 2.16. The van der Waals surface area contributed by atoms with Gasteiger partial charge in [-0.25, -0.2) is 8.42 Å². The molecule has 112 valence electrons. The highest BCUT2D eigenvalue weighted by Crippen LogP contribution is 2.20. The molecule has 0 saturated heterocycles. The summed E-state index contributed by atoms with van der Waals surface area (Å²) < 4.78 is 28.2. The Kier molecular flexibility index (Phi) is 4.53. The molecule has 2 aromatic rings. The van der Waals surface area contributed by atoms with Gasteiger partial charge in [-0.15, -0.1) is 0 Å². The summed E-state index contributed by atoms with van der Waals surface area (Å²) in [7, 11) is -3.22. The minimum atomic E-state index is -3.22. The molecule has 2 rings (SSSR count). The van der Waals surface area contributed by atoms with Crippen LogP contribution < -0.4 is 5.32 Å². The summed E-state index contributed by atoms with van der Waals surface area (Å²) in [4.78, 5) is 12.3. The Morgan fingerprint density at radius 2 is 1.86 bits per heavy atom. The maximum absolute atomic E-state index is 12.0. The first kappa shape index (κ1) is 15.8. The molecule has 1 aromatic carbocycles.